The molecule has 1 rings (SSSR count). The van der Waals surface area contributed by atoms with Gasteiger partial charge in [-0.1, -0.05) is 327 Å². The van der Waals surface area contributed by atoms with Gasteiger partial charge in [-0.25, -0.2) is 4.98 Å². The van der Waals surface area contributed by atoms with E-state index in [0.717, 1.165) is 23.1 Å². The highest BCUT2D eigenvalue weighted by atomic mass is 33.1. The Morgan fingerprint density at radius 3 is 0.945 bits per heavy atom. The Bertz CT molecular complexity index is 1050. The van der Waals surface area contributed by atoms with Gasteiger partial charge in [0.1, 0.15) is 5.03 Å². The minimum atomic E-state index is 0.982. The van der Waals surface area contributed by atoms with E-state index in [2.05, 4.69) is 79.7 Å². The molecule has 0 radical (unpaired) electrons. The van der Waals surface area contributed by atoms with Gasteiger partial charge in [-0.05, 0) is 83.0 Å². The fraction of sp³-hybridized carbons (Fsp3) is 0.924. The first-order valence-corrected chi connectivity index (χ1v) is 35.8. The van der Waals surface area contributed by atoms with E-state index in [1.807, 2.05) is 30.1 Å². The van der Waals surface area contributed by atoms with Crippen LogP contribution < -0.4 is 5.32 Å². The third-order valence-electron chi connectivity index (χ3n) is 14.9. The average molecular weight is 1080 g/mol. The van der Waals surface area contributed by atoms with E-state index in [1.54, 1.807) is 10.8 Å². The first-order chi connectivity index (χ1) is 36.0. The fourth-order valence-electron chi connectivity index (χ4n) is 9.80. The molecule has 73 heavy (non-hydrogen) atoms. The van der Waals surface area contributed by atoms with Crippen LogP contribution in [-0.2, 0) is 0 Å². The number of nitrogens with one attached hydrogen (secondary N) is 1. The summed E-state index contributed by atoms with van der Waals surface area (Å²) in [4.78, 5) is 9.23. The van der Waals surface area contributed by atoms with Gasteiger partial charge in [0.2, 0.25) is 0 Å². The van der Waals surface area contributed by atoms with Crippen LogP contribution >= 0.6 is 34.2 Å². The Hall–Kier alpha value is 0.0800. The van der Waals surface area contributed by atoms with Crippen LogP contribution in [0.4, 0.5) is 0 Å². The number of rotatable bonds is 58. The maximum absolute atomic E-state index is 4.35. The van der Waals surface area contributed by atoms with Crippen LogP contribution in [-0.4, -0.2) is 80.2 Å². The lowest BCUT2D eigenvalue weighted by atomic mass is 10.0. The normalized spacial score (nSPS) is 11.4. The third kappa shape index (κ3) is 70.1. The van der Waals surface area contributed by atoms with Crippen molar-refractivity contribution in [3.05, 3.63) is 24.4 Å². The van der Waals surface area contributed by atoms with E-state index < -0.39 is 0 Å². The molecule has 0 saturated carbocycles. The van der Waals surface area contributed by atoms with Gasteiger partial charge in [-0.15, -0.1) is 0 Å². The highest BCUT2D eigenvalue weighted by Gasteiger charge is 2.02. The first-order valence-electron chi connectivity index (χ1n) is 32.9. The monoisotopic (exact) mass is 1080 g/mol. The molecule has 0 bridgehead atoms. The second-order valence-corrected chi connectivity index (χ2v) is 25.3. The molecule has 0 unspecified atom stereocenters. The van der Waals surface area contributed by atoms with Gasteiger partial charge in [0, 0.05) is 30.8 Å². The molecular weight excluding hydrogens is 945 g/mol. The third-order valence-corrected chi connectivity index (χ3v) is 17.3. The zero-order valence-corrected chi connectivity index (χ0v) is 53.3. The van der Waals surface area contributed by atoms with Crippen molar-refractivity contribution in [3.8, 4) is 0 Å². The van der Waals surface area contributed by atoms with Gasteiger partial charge < -0.3 is 15.1 Å². The summed E-state index contributed by atoms with van der Waals surface area (Å²) in [5.41, 5.74) is 0. The lowest BCUT2D eigenvalue weighted by Gasteiger charge is -2.15. The molecule has 0 amide bonds. The van der Waals surface area contributed by atoms with Gasteiger partial charge in [-0.3, -0.25) is 0 Å². The molecule has 0 aliphatic rings. The quantitative estimate of drug-likeness (QED) is 0.0384. The van der Waals surface area contributed by atoms with Gasteiger partial charge in [0.05, 0.1) is 0 Å². The first kappa shape index (κ1) is 75.2. The molecule has 7 heteroatoms. The summed E-state index contributed by atoms with van der Waals surface area (Å²) < 4.78 is 0. The molecule has 0 aliphatic carbocycles. The lowest BCUT2D eigenvalue weighted by Crippen LogP contribution is -2.22. The zero-order valence-electron chi connectivity index (χ0n) is 50.8. The zero-order chi connectivity index (χ0) is 53.3. The molecule has 1 N–H and O–H groups in total. The molecule has 4 nitrogen and oxygen atoms in total. The summed E-state index contributed by atoms with van der Waals surface area (Å²) in [6.45, 7) is 12.9. The number of aromatic nitrogens is 1. The lowest BCUT2D eigenvalue weighted by molar-refractivity contribution is 0.343. The van der Waals surface area contributed by atoms with E-state index in [4.69, 9.17) is 0 Å². The second-order valence-electron chi connectivity index (χ2n) is 22.4. The summed E-state index contributed by atoms with van der Waals surface area (Å²) in [6, 6.07) is 6.11. The van der Waals surface area contributed by atoms with Gasteiger partial charge >= 0.3 is 0 Å². The second kappa shape index (κ2) is 70.1. The van der Waals surface area contributed by atoms with Crippen LogP contribution in [0.2, 0.25) is 0 Å². The number of hydrogen-bond donors (Lipinski definition) is 2. The Morgan fingerprint density at radius 2 is 0.671 bits per heavy atom. The topological polar surface area (TPSA) is 31.4 Å². The minimum absolute atomic E-state index is 0.982. The molecule has 0 aromatic carbocycles. The van der Waals surface area contributed by atoms with Crippen molar-refractivity contribution >= 4 is 34.2 Å². The molecule has 0 saturated heterocycles. The molecule has 0 atom stereocenters. The van der Waals surface area contributed by atoms with E-state index >= 15 is 0 Å². The molecule has 1 aromatic rings. The highest BCUT2D eigenvalue weighted by Crippen LogP contribution is 2.28. The number of thiol groups is 1. The van der Waals surface area contributed by atoms with E-state index in [0.29, 0.717) is 0 Å². The van der Waals surface area contributed by atoms with Crippen molar-refractivity contribution in [2.75, 3.05) is 65.4 Å². The number of pyridine rings is 1. The minimum Gasteiger partial charge on any atom is -0.320 e. The predicted molar refractivity (Wildman–Crippen MR) is 344 cm³/mol. The summed E-state index contributed by atoms with van der Waals surface area (Å²) in [5.74, 6) is 2.14. The highest BCUT2D eigenvalue weighted by molar-refractivity contribution is 8.76. The maximum atomic E-state index is 4.35. The summed E-state index contributed by atoms with van der Waals surface area (Å²) in [7, 11) is 10.2. The SMILES string of the molecule is CCCCCCCCCCCCCCCCCCN(C)CCS.CCCCCCCCCCCCCCCCCCN(C)CCSSc1ccccn1.CCCCCCCCCCCCCCCCCCNC. The van der Waals surface area contributed by atoms with Gasteiger partial charge in [0.15, 0.2) is 0 Å². The van der Waals surface area contributed by atoms with Crippen LogP contribution in [0.25, 0.3) is 0 Å². The van der Waals surface area contributed by atoms with Crippen LogP contribution in [0.15, 0.2) is 29.4 Å². The van der Waals surface area contributed by atoms with Crippen molar-refractivity contribution in [2.24, 2.45) is 0 Å². The van der Waals surface area contributed by atoms with E-state index in [-0.39, 0.29) is 0 Å². The Morgan fingerprint density at radius 1 is 0.384 bits per heavy atom. The summed E-state index contributed by atoms with van der Waals surface area (Å²) >= 11 is 4.27. The van der Waals surface area contributed by atoms with Crippen molar-refractivity contribution in [3.63, 3.8) is 0 Å². The molecule has 0 aliphatic heterocycles. The van der Waals surface area contributed by atoms with Crippen LogP contribution in [0.1, 0.15) is 329 Å². The Kier molecular flexibility index (Phi) is 72.2. The summed E-state index contributed by atoms with van der Waals surface area (Å²) in [5, 5.41) is 4.33. The molecular formula is C66H134N4S3. The summed E-state index contributed by atoms with van der Waals surface area (Å²) in [6.07, 6.45) is 71.4. The predicted octanol–water partition coefficient (Wildman–Crippen LogP) is 22.6. The van der Waals surface area contributed by atoms with Crippen molar-refractivity contribution in [1.29, 1.82) is 0 Å². The largest absolute Gasteiger partial charge is 0.320 e. The maximum Gasteiger partial charge on any atom is 0.106 e. The molecule has 0 spiro atoms. The smallest absolute Gasteiger partial charge is 0.106 e. The molecule has 436 valence electrons. The Balaban J connectivity index is 0. The van der Waals surface area contributed by atoms with Crippen molar-refractivity contribution < 1.29 is 0 Å². The van der Waals surface area contributed by atoms with Crippen LogP contribution in [0.5, 0.6) is 0 Å². The van der Waals surface area contributed by atoms with Crippen LogP contribution in [0, 0.1) is 0 Å². The molecule has 0 fully saturated rings. The van der Waals surface area contributed by atoms with E-state index in [1.165, 1.54) is 334 Å². The van der Waals surface area contributed by atoms with Crippen LogP contribution in [0.3, 0.4) is 0 Å². The van der Waals surface area contributed by atoms with Crippen molar-refractivity contribution in [1.82, 2.24) is 20.1 Å². The van der Waals surface area contributed by atoms with Gasteiger partial charge in [-0.2, -0.15) is 12.6 Å². The average Bonchev–Trinajstić information content (AvgIpc) is 3.40. The van der Waals surface area contributed by atoms with E-state index in [9.17, 15) is 0 Å². The number of hydrogen-bond acceptors (Lipinski definition) is 7. The molecule has 1 aromatic heterocycles. The van der Waals surface area contributed by atoms with Gasteiger partial charge in [0.25, 0.3) is 0 Å². The number of unbranched alkanes of at least 4 members (excludes halogenated alkanes) is 45. The molecule has 1 heterocycles. The Labute approximate surface area is 475 Å². The fourth-order valence-corrected chi connectivity index (χ4v) is 12.1. The number of nitrogens with zero attached hydrogens (tertiary/aromatic N) is 3. The van der Waals surface area contributed by atoms with Crippen molar-refractivity contribution in [2.45, 2.75) is 334 Å². The standard InChI is InChI=1S/C26H48N2S2.C21H45NS.C19H41N/c1-3-4-5-6-7-8-9-10-11-12-13-14-15-16-17-20-23-28(2)24-25-29-30-26-21-18-19-22-27-26;1-3-4-5-6-7-8-9-10-11-12-13-14-15-16-17-18-19-22(2)20-21-23;1-3-4-5-6-7-8-9-10-11-12-13-14-15-16-17-18-19-20-2/h18-19,21-22H,3-17,20,23-25H2,1-2H3;23H,3-21H2,1-2H3;20H,3-19H2,1-2H3.